The Labute approximate surface area is 779 Å². The van der Waals surface area contributed by atoms with Crippen molar-refractivity contribution in [1.82, 2.24) is 60.5 Å². The number of ketones is 3. The van der Waals surface area contributed by atoms with Crippen LogP contribution < -0.4 is 24.3 Å². The number of methoxy groups -OCH3 is 1. The average molecular weight is 1900 g/mol. The van der Waals surface area contributed by atoms with Crippen LogP contribution >= 0.6 is 11.6 Å². The Morgan fingerprint density at radius 1 is 0.380 bits per heavy atom. The summed E-state index contributed by atoms with van der Waals surface area (Å²) in [6, 6.07) is 43.6. The number of Topliss-reactive ketones (excluding diaryl/α,β-unsaturated/α-hetero) is 3. The van der Waals surface area contributed by atoms with Crippen LogP contribution in [0.2, 0.25) is 5.02 Å². The van der Waals surface area contributed by atoms with Gasteiger partial charge in [-0.3, -0.25) is 33.9 Å². The second kappa shape index (κ2) is 45.6. The van der Waals surface area contributed by atoms with Gasteiger partial charge in [-0.2, -0.15) is 0 Å². The zero-order chi connectivity index (χ0) is 95.1. The molecule has 0 aliphatic carbocycles. The number of halogens is 8. The summed E-state index contributed by atoms with van der Waals surface area (Å²) < 4.78 is 184. The maximum Gasteiger partial charge on any atom is 0.285 e. The zero-order valence-electron chi connectivity index (χ0n) is 72.7. The van der Waals surface area contributed by atoms with Gasteiger partial charge in [0.25, 0.3) is 41.3 Å². The summed E-state index contributed by atoms with van der Waals surface area (Å²) in [4.78, 5) is 62.0. The molecule has 8 aromatic carbocycles. The smallest absolute Gasteiger partial charge is 0.285 e. The molecule has 16 aromatic rings. The number of oxazole rings is 1. The molecule has 137 heavy (non-hydrogen) atoms. The Hall–Kier alpha value is -15.4. The van der Waals surface area contributed by atoms with Gasteiger partial charge in [0.2, 0.25) is 17.5 Å². The van der Waals surface area contributed by atoms with Crippen molar-refractivity contribution in [3.63, 3.8) is 0 Å². The highest BCUT2D eigenvalue weighted by Crippen LogP contribution is 2.36. The summed E-state index contributed by atoms with van der Waals surface area (Å²) in [7, 11) is 1.45. The molecule has 1 amide bonds. The number of benzene rings is 8. The lowest BCUT2D eigenvalue weighted by atomic mass is 10.00. The largest absolute Gasteiger partial charge is 0.496 e. The third-order valence-electron chi connectivity index (χ3n) is 21.4. The van der Waals surface area contributed by atoms with E-state index in [1.807, 2.05) is 0 Å². The molecule has 0 bridgehead atoms. The van der Waals surface area contributed by atoms with Crippen molar-refractivity contribution in [2.45, 2.75) is 19.3 Å². The molecule has 0 saturated carbocycles. The zero-order valence-corrected chi connectivity index (χ0v) is 73.5. The minimum Gasteiger partial charge on any atom is -0.496 e. The van der Waals surface area contributed by atoms with Gasteiger partial charge >= 0.3 is 0 Å². The number of rotatable bonds is 32. The van der Waals surface area contributed by atoms with Gasteiger partial charge < -0.3 is 73.8 Å². The third-order valence-corrected chi connectivity index (χ3v) is 21.7. The lowest BCUT2D eigenvalue weighted by Gasteiger charge is -2.26. The van der Waals surface area contributed by atoms with E-state index in [2.05, 4.69) is 65.8 Å². The number of nitrogens with one attached hydrogen (secondary N) is 1. The standard InChI is InChI=1S/2C26H23F2N3O5.C25H24FN5O6.C20H11ClF2N2O3/c27-21-7-6-18(34-14-10-31-8-12-33-13-9-31)15-17(21)16-22(32)19-3-1-4-20(24(19)28)25-29-30-26(36-25)23-5-2-11-35-23;27-21-6-4-19(34-13-9-31-7-11-33-12-8-31)14-18(21)16-23(32)20-15-17(3-5-22(20)28)25-29-30-26(36-25)24-2-1-10-35-24;1-33-21-5-3-17(35-11-8-31-6-9-34-10-7-31)13-18(21)23(32)28-20-12-16(2-4-19(20)26)24-29-30-25(37-24)22-14-27-15-36-22;21-12-6-7-15(22)11(9-12)10-16(26)13-3-1-4-14(18(13)23)19-24-25-20(28-19)17-5-2-8-27-17/h1-7,11,15H,8-10,12-14,16H2;1-6,10,14-15H,7-9,11-13,16H2;2-5,12-15H,6-11H2,1H3,(H,28,32);1-9H,10H2. The second-order valence-electron chi connectivity index (χ2n) is 30.4. The lowest BCUT2D eigenvalue weighted by molar-refractivity contribution is 0.0321. The van der Waals surface area contributed by atoms with E-state index in [0.29, 0.717) is 130 Å². The van der Waals surface area contributed by atoms with Crippen LogP contribution in [0.5, 0.6) is 23.0 Å². The number of nitrogens with zero attached hydrogens (tertiary/aromatic N) is 12. The van der Waals surface area contributed by atoms with Crippen molar-refractivity contribution in [2.24, 2.45) is 0 Å². The third kappa shape index (κ3) is 24.6. The molecule has 0 spiro atoms. The Kier molecular flexibility index (Phi) is 31.5. The number of carbonyl (C=O) groups is 4. The van der Waals surface area contributed by atoms with E-state index >= 15 is 4.39 Å². The first kappa shape index (κ1) is 94.8. The first-order chi connectivity index (χ1) is 66.8. The molecule has 1 N–H and O–H groups in total. The molecule has 11 heterocycles. The van der Waals surface area contributed by atoms with Crippen LogP contribution in [0.15, 0.2) is 249 Å². The lowest BCUT2D eigenvalue weighted by Crippen LogP contribution is -2.38. The number of ether oxygens (including phenoxy) is 7. The summed E-state index contributed by atoms with van der Waals surface area (Å²) in [5.74, 6) is -3.59. The van der Waals surface area contributed by atoms with Gasteiger partial charge in [-0.05, 0) is 187 Å². The molecule has 0 unspecified atom stereocenters. The van der Waals surface area contributed by atoms with Gasteiger partial charge in [-0.25, -0.2) is 35.7 Å². The number of furan rings is 3. The fourth-order valence-corrected chi connectivity index (χ4v) is 14.4. The number of aromatic nitrogens is 9. The molecule has 3 aliphatic heterocycles. The molecule has 32 nitrogen and oxygen atoms in total. The molecule has 704 valence electrons. The minimum atomic E-state index is -0.829. The maximum atomic E-state index is 15.3. The van der Waals surface area contributed by atoms with Crippen molar-refractivity contribution < 1.29 is 118 Å². The van der Waals surface area contributed by atoms with Crippen LogP contribution in [-0.4, -0.2) is 209 Å². The van der Waals surface area contributed by atoms with Gasteiger partial charge in [-0.15, -0.1) is 40.8 Å². The number of amides is 1. The van der Waals surface area contributed by atoms with Crippen LogP contribution in [0.4, 0.5) is 36.4 Å². The molecule has 40 heteroatoms. The van der Waals surface area contributed by atoms with Crippen LogP contribution in [0, 0.1) is 40.7 Å². The van der Waals surface area contributed by atoms with E-state index in [1.54, 1.807) is 54.6 Å². The number of carbonyl (C=O) groups excluding carboxylic acids is 4. The SMILES string of the molecule is COc1ccc(OCCN2CCOCC2)cc1C(=O)Nc1cc(-c2nnc(-c3cnco3)o2)ccc1F.O=C(Cc1cc(Cl)ccc1F)c1cccc(-c2nnc(-c3ccco3)o2)c1F.O=C(Cc1cc(OCCN2CCOCC2)ccc1F)c1cc(-c2nnc(-c3ccco3)o2)ccc1F.O=C(Cc1cc(OCCN2CCOCC2)ccc1F)c1cccc(-c2nnc(-c3ccco3)o2)c1F. The van der Waals surface area contributed by atoms with Crippen LogP contribution in [-0.2, 0) is 33.5 Å². The molecule has 8 aromatic heterocycles. The Morgan fingerprint density at radius 2 is 0.774 bits per heavy atom. The van der Waals surface area contributed by atoms with E-state index in [0.717, 1.165) is 57.9 Å². The molecule has 0 radical (unpaired) electrons. The van der Waals surface area contributed by atoms with Gasteiger partial charge in [0, 0.05) is 94.3 Å². The van der Waals surface area contributed by atoms with E-state index in [4.69, 9.17) is 80.1 Å². The normalized spacial score (nSPS) is 13.4. The predicted molar refractivity (Wildman–Crippen MR) is 475 cm³/mol. The molecule has 3 aliphatic rings. The fraction of sp³-hybridized carbons (Fsp3) is 0.227. The summed E-state index contributed by atoms with van der Waals surface area (Å²) in [5.41, 5.74) is 0.506. The summed E-state index contributed by atoms with van der Waals surface area (Å²) in [5, 5.41) is 34.0. The summed E-state index contributed by atoms with van der Waals surface area (Å²) in [6.45, 7) is 12.7. The number of hydrogen-bond donors (Lipinski definition) is 1. The first-order valence-corrected chi connectivity index (χ1v) is 43.1. The molecule has 0 atom stereocenters. The molecule has 3 fully saturated rings. The number of morpholine rings is 3. The first-order valence-electron chi connectivity index (χ1n) is 42.7. The van der Waals surface area contributed by atoms with Crippen molar-refractivity contribution in [3.05, 3.63) is 298 Å². The molecule has 19 rings (SSSR count). The topological polar surface area (TPSA) is 376 Å². The Bertz CT molecular complexity index is 6700. The summed E-state index contributed by atoms with van der Waals surface area (Å²) >= 11 is 5.84. The molecular formula is C97H81ClF7N13O19. The monoisotopic (exact) mass is 1900 g/mol. The van der Waals surface area contributed by atoms with Gasteiger partial charge in [0.15, 0.2) is 41.0 Å². The highest BCUT2D eigenvalue weighted by atomic mass is 35.5. The van der Waals surface area contributed by atoms with Crippen LogP contribution in [0.3, 0.4) is 0 Å². The van der Waals surface area contributed by atoms with Gasteiger partial charge in [-0.1, -0.05) is 23.7 Å². The number of anilines is 1. The highest BCUT2D eigenvalue weighted by Gasteiger charge is 2.28. The second-order valence-corrected chi connectivity index (χ2v) is 30.9. The maximum absolute atomic E-state index is 15.3. The summed E-state index contributed by atoms with van der Waals surface area (Å²) in [6.07, 6.45) is 6.01. The number of hydrogen-bond acceptors (Lipinski definition) is 31. The van der Waals surface area contributed by atoms with Crippen molar-refractivity contribution in [3.8, 4) is 115 Å². The van der Waals surface area contributed by atoms with Crippen molar-refractivity contribution >= 4 is 40.5 Å². The Morgan fingerprint density at radius 3 is 1.22 bits per heavy atom. The van der Waals surface area contributed by atoms with Crippen LogP contribution in [0.25, 0.3) is 92.4 Å². The average Bonchev–Trinajstić information content (AvgIpc) is 1.69. The fourth-order valence-electron chi connectivity index (χ4n) is 14.2. The highest BCUT2D eigenvalue weighted by molar-refractivity contribution is 6.30. The van der Waals surface area contributed by atoms with E-state index in [1.165, 1.54) is 154 Å². The van der Waals surface area contributed by atoms with E-state index < -0.39 is 64.0 Å². The van der Waals surface area contributed by atoms with Gasteiger partial charge in [0.1, 0.15) is 83.5 Å². The van der Waals surface area contributed by atoms with Gasteiger partial charge in [0.05, 0.1) is 111 Å². The quantitative estimate of drug-likeness (QED) is 0.0302. The van der Waals surface area contributed by atoms with E-state index in [-0.39, 0.29) is 127 Å². The van der Waals surface area contributed by atoms with Crippen LogP contribution in [0.1, 0.15) is 58.1 Å². The molecular weight excluding hydrogens is 1820 g/mol. The Balaban J connectivity index is 0.000000133. The predicted octanol–water partition coefficient (Wildman–Crippen LogP) is 17.7. The van der Waals surface area contributed by atoms with E-state index in [9.17, 15) is 45.5 Å². The van der Waals surface area contributed by atoms with Crippen molar-refractivity contribution in [2.75, 3.05) is 131 Å². The molecule has 3 saturated heterocycles. The minimum absolute atomic E-state index is 0.0353. The van der Waals surface area contributed by atoms with Crippen molar-refractivity contribution in [1.29, 1.82) is 0 Å².